The second kappa shape index (κ2) is 12.2. The van der Waals surface area contributed by atoms with Crippen LogP contribution in [0.4, 0.5) is 5.69 Å². The normalized spacial score (nSPS) is 15.8. The smallest absolute Gasteiger partial charge is 0.287 e. The van der Waals surface area contributed by atoms with Gasteiger partial charge in [-0.1, -0.05) is 49.4 Å². The van der Waals surface area contributed by atoms with E-state index in [0.717, 1.165) is 24.8 Å². The number of carbonyl (C=O) groups excluding carboxylic acids is 3. The van der Waals surface area contributed by atoms with E-state index < -0.39 is 17.9 Å². The Labute approximate surface area is 210 Å². The lowest BCUT2D eigenvalue weighted by molar-refractivity contribution is -0.126. The number of hydrogen-bond donors (Lipinski definition) is 2. The number of nitrogens with zero attached hydrogens (tertiary/aromatic N) is 1. The van der Waals surface area contributed by atoms with E-state index in [1.54, 1.807) is 6.07 Å². The van der Waals surface area contributed by atoms with Gasteiger partial charge in [-0.3, -0.25) is 19.3 Å². The van der Waals surface area contributed by atoms with Crippen LogP contribution in [0.15, 0.2) is 77.4 Å². The number of ether oxygens (including phenoxy) is 1. The van der Waals surface area contributed by atoms with Gasteiger partial charge < -0.3 is 19.8 Å². The molecule has 4 rings (SSSR count). The highest BCUT2D eigenvalue weighted by Crippen LogP contribution is 2.29. The molecule has 2 N–H and O–H groups in total. The van der Waals surface area contributed by atoms with Crippen molar-refractivity contribution in [3.8, 4) is 0 Å². The van der Waals surface area contributed by atoms with E-state index >= 15 is 0 Å². The third kappa shape index (κ3) is 6.20. The fourth-order valence-electron chi connectivity index (χ4n) is 4.23. The first kappa shape index (κ1) is 25.2. The first-order chi connectivity index (χ1) is 17.6. The largest absolute Gasteiger partial charge is 0.459 e. The molecule has 2 aromatic carbocycles. The third-order valence-corrected chi connectivity index (χ3v) is 6.19. The summed E-state index contributed by atoms with van der Waals surface area (Å²) in [5.74, 6) is -1.15. The van der Waals surface area contributed by atoms with Crippen molar-refractivity contribution < 1.29 is 23.5 Å². The van der Waals surface area contributed by atoms with Gasteiger partial charge in [0.2, 0.25) is 11.8 Å². The van der Waals surface area contributed by atoms with Crippen molar-refractivity contribution in [2.75, 3.05) is 24.6 Å². The fraction of sp³-hybridized carbons (Fsp3) is 0.321. The monoisotopic (exact) mass is 489 g/mol. The van der Waals surface area contributed by atoms with Crippen LogP contribution in [0.5, 0.6) is 0 Å². The molecule has 0 saturated carbocycles. The summed E-state index contributed by atoms with van der Waals surface area (Å²) in [6.07, 6.45) is 4.05. The summed E-state index contributed by atoms with van der Waals surface area (Å²) in [5, 5.41) is 5.58. The molecular weight excluding hydrogens is 458 g/mol. The number of aryl methyl sites for hydroxylation is 1. The molecule has 188 valence electrons. The molecule has 8 nitrogen and oxygen atoms in total. The maximum atomic E-state index is 13.6. The summed E-state index contributed by atoms with van der Waals surface area (Å²) in [7, 11) is 0. The molecule has 1 aliphatic heterocycles. The summed E-state index contributed by atoms with van der Waals surface area (Å²) in [6, 6.07) is 18.9. The minimum Gasteiger partial charge on any atom is -0.459 e. The van der Waals surface area contributed by atoms with Crippen molar-refractivity contribution in [2.45, 2.75) is 38.3 Å². The van der Waals surface area contributed by atoms with E-state index in [9.17, 15) is 14.4 Å². The van der Waals surface area contributed by atoms with Crippen LogP contribution >= 0.6 is 0 Å². The van der Waals surface area contributed by atoms with Gasteiger partial charge >= 0.3 is 0 Å². The number of benzene rings is 2. The molecule has 36 heavy (non-hydrogen) atoms. The molecule has 0 spiro atoms. The Bertz CT molecular complexity index is 1140. The predicted molar refractivity (Wildman–Crippen MR) is 136 cm³/mol. The Hall–Kier alpha value is -3.91. The topological polar surface area (TPSA) is 101 Å². The quantitative estimate of drug-likeness (QED) is 0.453. The number of nitrogens with one attached hydrogen (secondary N) is 2. The van der Waals surface area contributed by atoms with Gasteiger partial charge in [-0.05, 0) is 54.7 Å². The molecule has 2 atom stereocenters. The highest BCUT2D eigenvalue weighted by molar-refractivity contribution is 6.04. The molecule has 3 aromatic rings. The van der Waals surface area contributed by atoms with Crippen LogP contribution < -0.4 is 15.5 Å². The van der Waals surface area contributed by atoms with E-state index in [2.05, 4.69) is 10.6 Å². The molecule has 0 radical (unpaired) electrons. The van der Waals surface area contributed by atoms with Crippen LogP contribution in [0.2, 0.25) is 0 Å². The van der Waals surface area contributed by atoms with Gasteiger partial charge in [0.05, 0.1) is 18.9 Å². The van der Waals surface area contributed by atoms with Gasteiger partial charge in [0.15, 0.2) is 5.76 Å². The first-order valence-corrected chi connectivity index (χ1v) is 12.2. The Morgan fingerprint density at radius 2 is 1.78 bits per heavy atom. The van der Waals surface area contributed by atoms with Crippen LogP contribution in [-0.2, 0) is 20.7 Å². The summed E-state index contributed by atoms with van der Waals surface area (Å²) < 4.78 is 10.8. The summed E-state index contributed by atoms with van der Waals surface area (Å²) in [6.45, 7) is 2.80. The Morgan fingerprint density at radius 1 is 1.00 bits per heavy atom. The minimum atomic E-state index is -0.937. The molecule has 1 aromatic heterocycles. The predicted octanol–water partition coefficient (Wildman–Crippen LogP) is 3.64. The number of carbonyl (C=O) groups is 3. The van der Waals surface area contributed by atoms with Crippen LogP contribution in [0.25, 0.3) is 0 Å². The molecule has 1 saturated heterocycles. The van der Waals surface area contributed by atoms with Crippen LogP contribution in [-0.4, -0.2) is 43.5 Å². The van der Waals surface area contributed by atoms with Gasteiger partial charge in [0, 0.05) is 18.8 Å². The zero-order chi connectivity index (χ0) is 25.3. The Balaban J connectivity index is 1.63. The van der Waals surface area contributed by atoms with Gasteiger partial charge in [-0.25, -0.2) is 0 Å². The van der Waals surface area contributed by atoms with Crippen molar-refractivity contribution in [1.29, 1.82) is 0 Å². The summed E-state index contributed by atoms with van der Waals surface area (Å²) in [4.78, 5) is 41.1. The highest BCUT2D eigenvalue weighted by atomic mass is 16.5. The molecule has 1 aliphatic rings. The molecule has 0 unspecified atom stereocenters. The number of anilines is 1. The molecule has 1 fully saturated rings. The maximum Gasteiger partial charge on any atom is 0.287 e. The average molecular weight is 490 g/mol. The van der Waals surface area contributed by atoms with Crippen molar-refractivity contribution in [3.63, 3.8) is 0 Å². The number of hydrogen-bond acceptors (Lipinski definition) is 5. The second-order valence-corrected chi connectivity index (χ2v) is 8.64. The molecular formula is C28H31N3O5. The Kier molecular flexibility index (Phi) is 8.52. The highest BCUT2D eigenvalue weighted by Gasteiger charge is 2.33. The number of amides is 3. The molecule has 0 bridgehead atoms. The van der Waals surface area contributed by atoms with Gasteiger partial charge in [0.1, 0.15) is 6.04 Å². The van der Waals surface area contributed by atoms with Gasteiger partial charge in [0.25, 0.3) is 5.91 Å². The van der Waals surface area contributed by atoms with E-state index in [4.69, 9.17) is 9.15 Å². The van der Waals surface area contributed by atoms with Gasteiger partial charge in [-0.15, -0.1) is 0 Å². The summed E-state index contributed by atoms with van der Waals surface area (Å²) >= 11 is 0. The minimum absolute atomic E-state index is 0.0362. The van der Waals surface area contributed by atoms with Crippen molar-refractivity contribution in [1.82, 2.24) is 10.6 Å². The lowest BCUT2D eigenvalue weighted by Crippen LogP contribution is -2.48. The molecule has 0 aliphatic carbocycles. The van der Waals surface area contributed by atoms with E-state index in [0.29, 0.717) is 24.4 Å². The summed E-state index contributed by atoms with van der Waals surface area (Å²) in [5.41, 5.74) is 2.33. The average Bonchev–Trinajstić information content (AvgIpc) is 3.64. The zero-order valence-electron chi connectivity index (χ0n) is 20.3. The van der Waals surface area contributed by atoms with Crippen molar-refractivity contribution in [2.24, 2.45) is 0 Å². The molecule has 2 heterocycles. The SMILES string of the molecule is CCc1ccc(N(C(=O)CNC(=O)c2ccco2)[C@H](C(=O)NC[C@@H]2CCCO2)c2ccccc2)cc1. The van der Waals surface area contributed by atoms with Crippen molar-refractivity contribution in [3.05, 3.63) is 89.9 Å². The standard InChI is InChI=1S/C28H31N3O5/c1-2-20-12-14-22(15-13-20)31(25(32)19-30-27(33)24-11-7-17-36-24)26(21-8-4-3-5-9-21)28(34)29-18-23-10-6-16-35-23/h3-5,7-9,11-15,17,23,26H,2,6,10,16,18-19H2,1H3,(H,29,34)(H,30,33)/t23-,26-/m0/s1. The van der Waals surface area contributed by atoms with E-state index in [1.165, 1.54) is 17.2 Å². The van der Waals surface area contributed by atoms with E-state index in [-0.39, 0.29) is 24.3 Å². The Morgan fingerprint density at radius 3 is 2.42 bits per heavy atom. The number of rotatable bonds is 10. The lowest BCUT2D eigenvalue weighted by atomic mass is 10.0. The second-order valence-electron chi connectivity index (χ2n) is 8.64. The van der Waals surface area contributed by atoms with Crippen molar-refractivity contribution >= 4 is 23.4 Å². The van der Waals surface area contributed by atoms with Crippen LogP contribution in [0.3, 0.4) is 0 Å². The maximum absolute atomic E-state index is 13.6. The lowest BCUT2D eigenvalue weighted by Gasteiger charge is -2.32. The number of furan rings is 1. The fourth-order valence-corrected chi connectivity index (χ4v) is 4.23. The molecule has 8 heteroatoms. The third-order valence-electron chi connectivity index (χ3n) is 6.19. The van der Waals surface area contributed by atoms with Crippen LogP contribution in [0.1, 0.15) is 47.5 Å². The van der Waals surface area contributed by atoms with Crippen LogP contribution in [0, 0.1) is 0 Å². The molecule has 3 amide bonds. The van der Waals surface area contributed by atoms with Gasteiger partial charge in [-0.2, -0.15) is 0 Å². The zero-order valence-corrected chi connectivity index (χ0v) is 20.3. The first-order valence-electron chi connectivity index (χ1n) is 12.2. The van der Waals surface area contributed by atoms with E-state index in [1.807, 2.05) is 61.5 Å².